The van der Waals surface area contributed by atoms with E-state index in [1.807, 2.05) is 0 Å². The Morgan fingerprint density at radius 1 is 0.221 bits per heavy atom. The topological polar surface area (TPSA) is 389 Å². The predicted octanol–water partition coefficient (Wildman–Crippen LogP) is 25.6. The minimum Gasteiger partial charge on any atom is -0.481 e. The molecule has 0 saturated heterocycles. The number of carbonyl (C=O) groups is 5. The highest BCUT2D eigenvalue weighted by molar-refractivity contribution is 5.68. The molecule has 0 amide bonds. The van der Waals surface area contributed by atoms with Gasteiger partial charge in [0.2, 0.25) is 0 Å². The van der Waals surface area contributed by atoms with E-state index in [9.17, 15) is 75.0 Å². The Balaban J connectivity index is 0.000000171. The molecule has 20 fully saturated rings. The van der Waals surface area contributed by atoms with Gasteiger partial charge < -0.3 is 76.6 Å². The second kappa shape index (κ2) is 47.2. The van der Waals surface area contributed by atoms with Crippen molar-refractivity contribution in [1.29, 1.82) is 0 Å². The number of carboxylic acid groups (broad SMARTS) is 5. The average molecular weight is 2040 g/mol. The molecule has 25 unspecified atom stereocenters. The van der Waals surface area contributed by atoms with E-state index in [-0.39, 0.29) is 173 Å². The molecule has 0 heterocycles. The monoisotopic (exact) mass is 2040 g/mol. The first kappa shape index (κ1) is 122. The van der Waals surface area contributed by atoms with Gasteiger partial charge in [-0.05, 0) is 521 Å². The Labute approximate surface area is 880 Å². The molecule has 0 aromatic rings. The third-order valence-electron chi connectivity index (χ3n) is 51.3. The van der Waals surface area contributed by atoms with Gasteiger partial charge in [0.1, 0.15) is 0 Å². The molecule has 0 radical (unpaired) electrons. The summed E-state index contributed by atoms with van der Waals surface area (Å²) in [4.78, 5) is 55.3. The molecule has 145 heavy (non-hydrogen) atoms. The first-order valence-electron chi connectivity index (χ1n) is 58.7. The van der Waals surface area contributed by atoms with Crippen LogP contribution in [0.25, 0.3) is 0 Å². The molecule has 20 aliphatic rings. The quantitative estimate of drug-likeness (QED) is 0.0538. The molecule has 0 aromatic carbocycles. The zero-order chi connectivity index (χ0) is 101. The Hall–Kier alpha value is -3.05. The van der Waals surface area contributed by atoms with Crippen molar-refractivity contribution in [1.82, 2.24) is 0 Å². The van der Waals surface area contributed by atoms with Gasteiger partial charge in [-0.3, -0.25) is 24.0 Å². The van der Waals surface area contributed by atoms with E-state index in [1.54, 1.807) is 0 Å². The third-order valence-corrected chi connectivity index (χ3v) is 51.3. The molecular weight excluding hydrogens is 1820 g/mol. The van der Waals surface area contributed by atoms with Crippen molar-refractivity contribution in [3.8, 4) is 0 Å². The van der Waals surface area contributed by atoms with E-state index in [4.69, 9.17) is 25.5 Å². The lowest BCUT2D eigenvalue weighted by atomic mass is 9.43. The number of hydrogen-bond donors (Lipinski definition) is 15. The highest BCUT2D eigenvalue weighted by Gasteiger charge is 2.71. The maximum atomic E-state index is 11.5. The van der Waals surface area contributed by atoms with Crippen LogP contribution in [0, 0.1) is 232 Å². The molecule has 840 valence electrons. The van der Waals surface area contributed by atoms with Crippen LogP contribution in [0.3, 0.4) is 0 Å². The number of aliphatic carboxylic acids is 5. The highest BCUT2D eigenvalue weighted by atomic mass is 16.4. The molecule has 0 spiro atoms. The van der Waals surface area contributed by atoms with E-state index in [1.165, 1.54) is 116 Å². The van der Waals surface area contributed by atoms with E-state index in [0.717, 1.165) is 191 Å². The lowest BCUT2D eigenvalue weighted by Crippen LogP contribution is -2.62. The summed E-state index contributed by atoms with van der Waals surface area (Å²) in [7, 11) is 0. The molecular formula is C125H220O20. The maximum absolute atomic E-state index is 11.5. The lowest BCUT2D eigenvalue weighted by Gasteiger charge is -2.63. The fraction of sp³-hybridized carbons (Fsp3) is 0.960. The van der Waals surface area contributed by atoms with Crippen molar-refractivity contribution in [2.75, 3.05) is 0 Å². The zero-order valence-electron chi connectivity index (χ0n) is 89.7. The SMILES string of the molecule is C.C.C.C.C.CC(CCC(=O)O)C1CCC2C3C(CC[C@]12C)[C@@]1(C)CC[C@@H](O)C[C@H]1C[C@@H]3O.CC(CCC(=O)O)C1CCC2C3C(CC[C@]12C)[C@@]1(C)CC[C@@H](O)C[C@H]1C[C@H]3O.CC(CCC(=O)O)C1CCC2C3C(C[C@H](O)[C@]12C)[C@@]1(C)CC[C@@H](O)C[C@H]1C[C@H]3O.CC(CCC(=O)O)C1CCC2C3CC[C@@H]4C[C@H](O)CC[C@]4(C)C3CC[C@]12C.CC(CCC(=O)O)C1CCC2C3CC[C@@H]4C[C@H](O)CC[C@]4(C)C3C[C@H](O)[C@]12C. The molecule has 0 aromatic heterocycles. The van der Waals surface area contributed by atoms with Gasteiger partial charge in [-0.2, -0.15) is 0 Å². The van der Waals surface area contributed by atoms with E-state index in [2.05, 4.69) is 104 Å². The second-order valence-corrected chi connectivity index (χ2v) is 56.7. The summed E-state index contributed by atoms with van der Waals surface area (Å²) in [6.45, 7) is 35.5. The second-order valence-electron chi connectivity index (χ2n) is 56.7. The largest absolute Gasteiger partial charge is 0.481 e. The summed E-state index contributed by atoms with van der Waals surface area (Å²) in [5.41, 5.74) is 2.00. The predicted molar refractivity (Wildman–Crippen MR) is 577 cm³/mol. The number of fused-ring (bicyclic) bond motifs is 25. The lowest BCUT2D eigenvalue weighted by molar-refractivity contribution is -0.207. The fourth-order valence-corrected chi connectivity index (χ4v) is 43.6. The van der Waals surface area contributed by atoms with Gasteiger partial charge >= 0.3 is 29.8 Å². The molecule has 20 heteroatoms. The van der Waals surface area contributed by atoms with Crippen LogP contribution in [0.2, 0.25) is 0 Å². The fourth-order valence-electron chi connectivity index (χ4n) is 43.6. The van der Waals surface area contributed by atoms with Crippen molar-refractivity contribution in [2.45, 2.75) is 523 Å². The van der Waals surface area contributed by atoms with Crippen LogP contribution in [0.1, 0.15) is 462 Å². The zero-order valence-corrected chi connectivity index (χ0v) is 89.7. The van der Waals surface area contributed by atoms with Crippen LogP contribution in [-0.4, -0.2) is 167 Å². The van der Waals surface area contributed by atoms with Gasteiger partial charge in [0.05, 0.1) is 61.0 Å². The first-order valence-corrected chi connectivity index (χ1v) is 58.7. The van der Waals surface area contributed by atoms with Gasteiger partial charge in [-0.25, -0.2) is 0 Å². The first-order chi connectivity index (χ1) is 65.8. The summed E-state index contributed by atoms with van der Waals surface area (Å²) in [6.07, 6.45) is 46.1. The highest BCUT2D eigenvalue weighted by Crippen LogP contribution is 2.76. The van der Waals surface area contributed by atoms with E-state index < -0.39 is 36.0 Å². The minimum atomic E-state index is -0.748. The van der Waals surface area contributed by atoms with Crippen LogP contribution in [-0.2, 0) is 24.0 Å². The minimum absolute atomic E-state index is 0. The van der Waals surface area contributed by atoms with Crippen LogP contribution in [0.5, 0.6) is 0 Å². The molecule has 20 saturated carbocycles. The number of hydrogen-bond acceptors (Lipinski definition) is 15. The molecule has 0 bridgehead atoms. The number of carboxylic acids is 5. The Morgan fingerprint density at radius 3 is 0.779 bits per heavy atom. The third kappa shape index (κ3) is 22.3. The van der Waals surface area contributed by atoms with Gasteiger partial charge in [0, 0.05) is 32.1 Å². The number of aliphatic hydroxyl groups excluding tert-OH is 10. The standard InChI is InChI=1S/C24H40O5.3C24H40O4.C24H40O3.5CH4/c1-13(4-7-21(28)29)16-5-6-17-22-18(12-20(27)24(16,17)3)23(2)9-8-15(25)10-14(23)11-19(22)26;1-14(4-9-22(27)28)18-7-8-19-17-6-5-15-12-16(25)10-11-23(15,2)20(17)13-21(26)24(18,19)3;2*1-14(4-7-21(27)28)17-5-6-18-22-19(9-11-24(17,18)3)23(2)10-8-16(25)12-15(23)13-20(22)26;1-15(4-9-22(26)27)19-7-8-20-18-6-5-16-14-17(25)10-12-23(16,2)21(18)11-13-24(19,20)3;;;;;/h13-20,22,25-27H,4-12H2,1-3H3,(H,28,29);14-21,25-26H,4-13H2,1-3H3,(H,27,28);2*14-20,22,25-26H,4-13H2,1-3H3,(H,27,28);15-21,25H,4-14H2,1-3H3,(H,26,27);5*1H4/t13?,14-,15+,16?,17?,18?,19+,20-,22?,23-,24+;14?,15-,16-,17?,18?,19?,20?,21+,23+,24-;14?,15-,16+,17?,18?,19?,20+,22?,23-,24+;14?,15-,16+,17?,18?,19?,20-,22?,23-,24+;15?,16-,17-,18?,19?,20?,21?,23+,24-;;;;;/m01001...../s1. The number of rotatable bonds is 20. The van der Waals surface area contributed by atoms with E-state index >= 15 is 0 Å². The molecule has 20 rings (SSSR count). The van der Waals surface area contributed by atoms with Gasteiger partial charge in [-0.15, -0.1) is 0 Å². The van der Waals surface area contributed by atoms with Gasteiger partial charge in [-0.1, -0.05) is 141 Å². The van der Waals surface area contributed by atoms with Gasteiger partial charge in [0.25, 0.3) is 0 Å². The summed E-state index contributed by atoms with van der Waals surface area (Å²) in [5.74, 6) is 12.2. The molecule has 50 atom stereocenters. The van der Waals surface area contributed by atoms with Crippen LogP contribution in [0.4, 0.5) is 0 Å². The van der Waals surface area contributed by atoms with Crippen molar-refractivity contribution in [3.05, 3.63) is 0 Å². The molecule has 15 N–H and O–H groups in total. The van der Waals surface area contributed by atoms with Gasteiger partial charge in [0.15, 0.2) is 0 Å². The molecule has 20 aliphatic carbocycles. The van der Waals surface area contributed by atoms with Crippen LogP contribution >= 0.6 is 0 Å². The molecule has 20 nitrogen and oxygen atoms in total. The van der Waals surface area contributed by atoms with Crippen molar-refractivity contribution < 1.29 is 101 Å². The summed E-state index contributed by atoms with van der Waals surface area (Å²) in [6, 6.07) is 0. The van der Waals surface area contributed by atoms with Crippen molar-refractivity contribution in [2.24, 2.45) is 232 Å². The maximum Gasteiger partial charge on any atom is 0.303 e. The Kier molecular flexibility index (Phi) is 39.7. The van der Waals surface area contributed by atoms with Crippen molar-refractivity contribution >= 4 is 29.8 Å². The molecule has 0 aliphatic heterocycles. The van der Waals surface area contributed by atoms with Crippen molar-refractivity contribution in [3.63, 3.8) is 0 Å². The Morgan fingerprint density at radius 2 is 0.441 bits per heavy atom. The smallest absolute Gasteiger partial charge is 0.303 e. The Bertz CT molecular complexity index is 4120. The van der Waals surface area contributed by atoms with Crippen LogP contribution in [0.15, 0.2) is 0 Å². The summed E-state index contributed by atoms with van der Waals surface area (Å²) >= 11 is 0. The average Bonchev–Trinajstić information content (AvgIpc) is 1.65. The summed E-state index contributed by atoms with van der Waals surface area (Å²) in [5, 5.41) is 153. The normalized spacial score (nSPS) is 49.9. The number of aliphatic hydroxyl groups is 10. The summed E-state index contributed by atoms with van der Waals surface area (Å²) < 4.78 is 0. The van der Waals surface area contributed by atoms with Crippen LogP contribution < -0.4 is 0 Å². The van der Waals surface area contributed by atoms with E-state index in [0.29, 0.717) is 166 Å².